The van der Waals surface area contributed by atoms with Gasteiger partial charge >= 0.3 is 5.97 Å². The Morgan fingerprint density at radius 3 is 2.40 bits per heavy atom. The van der Waals surface area contributed by atoms with E-state index in [0.29, 0.717) is 18.7 Å². The van der Waals surface area contributed by atoms with Crippen LogP contribution in [0.25, 0.3) is 0 Å². The van der Waals surface area contributed by atoms with E-state index in [2.05, 4.69) is 4.90 Å². The number of methoxy groups -OCH3 is 1. The number of hydrogen-bond donors (Lipinski definition) is 0. The number of rotatable bonds is 6. The number of carbonyl (C=O) groups is 3. The molecule has 3 aliphatic heterocycles. The normalized spacial score (nSPS) is 26.7. The van der Waals surface area contributed by atoms with Gasteiger partial charge in [-0.15, -0.1) is 12.4 Å². The smallest absolute Gasteiger partial charge is 0.323 e. The number of ether oxygens (including phenoxy) is 1. The Morgan fingerprint density at radius 2 is 1.83 bits per heavy atom. The molecule has 0 N–H and O–H groups in total. The summed E-state index contributed by atoms with van der Waals surface area (Å²) in [7, 11) is -2.31. The third-order valence-corrected chi connectivity index (χ3v) is 8.60. The molecule has 3 fully saturated rings. The van der Waals surface area contributed by atoms with Crippen LogP contribution in [0, 0.1) is 11.8 Å². The minimum atomic E-state index is -3.71. The van der Waals surface area contributed by atoms with Crippen LogP contribution in [0.15, 0.2) is 24.3 Å². The van der Waals surface area contributed by atoms with E-state index in [0.717, 1.165) is 35.5 Å². The van der Waals surface area contributed by atoms with Crippen molar-refractivity contribution < 1.29 is 27.5 Å². The fraction of sp³-hybridized carbons (Fsp3) is 0.625. The Balaban J connectivity index is 0.00000342. The van der Waals surface area contributed by atoms with Crippen LogP contribution in [0.4, 0.5) is 0 Å². The molecule has 194 valence electrons. The van der Waals surface area contributed by atoms with Crippen molar-refractivity contribution in [1.82, 2.24) is 14.1 Å². The van der Waals surface area contributed by atoms with Gasteiger partial charge in [0.15, 0.2) is 0 Å². The first-order valence-corrected chi connectivity index (χ1v) is 13.6. The molecule has 2 unspecified atom stereocenters. The molecule has 0 saturated carbocycles. The lowest BCUT2D eigenvalue weighted by Crippen LogP contribution is -2.45. The molecule has 35 heavy (non-hydrogen) atoms. The molecule has 1 aromatic rings. The number of benzene rings is 1. The maximum Gasteiger partial charge on any atom is 0.323 e. The zero-order valence-corrected chi connectivity index (χ0v) is 22.2. The fourth-order valence-electron chi connectivity index (χ4n) is 5.75. The second-order valence-corrected chi connectivity index (χ2v) is 11.8. The number of halogens is 1. The van der Waals surface area contributed by atoms with Gasteiger partial charge in [0.1, 0.15) is 6.04 Å². The van der Waals surface area contributed by atoms with E-state index < -0.39 is 28.0 Å². The van der Waals surface area contributed by atoms with E-state index in [9.17, 15) is 22.8 Å². The van der Waals surface area contributed by atoms with Gasteiger partial charge in [0.05, 0.1) is 31.9 Å². The molecule has 4 rings (SSSR count). The second-order valence-electron chi connectivity index (χ2n) is 9.93. The Morgan fingerprint density at radius 1 is 1.17 bits per heavy atom. The number of carbonyl (C=O) groups excluding carboxylic acids is 3. The Bertz CT molecular complexity index is 1080. The quantitative estimate of drug-likeness (QED) is 0.520. The minimum Gasteiger partial charge on any atom is -0.468 e. The highest BCUT2D eigenvalue weighted by Crippen LogP contribution is 2.41. The van der Waals surface area contributed by atoms with Crippen molar-refractivity contribution in [2.24, 2.45) is 11.8 Å². The average molecular weight is 528 g/mol. The van der Waals surface area contributed by atoms with Gasteiger partial charge in [-0.25, -0.2) is 12.7 Å². The van der Waals surface area contributed by atoms with Crippen molar-refractivity contribution in [3.8, 4) is 0 Å². The van der Waals surface area contributed by atoms with Gasteiger partial charge in [-0.05, 0) is 43.0 Å². The molecule has 3 saturated heterocycles. The molecule has 0 spiro atoms. The van der Waals surface area contributed by atoms with Crippen molar-refractivity contribution in [1.29, 1.82) is 0 Å². The predicted molar refractivity (Wildman–Crippen MR) is 132 cm³/mol. The van der Waals surface area contributed by atoms with Gasteiger partial charge in [0, 0.05) is 24.6 Å². The summed E-state index contributed by atoms with van der Waals surface area (Å²) in [6.07, 6.45) is 2.79. The van der Waals surface area contributed by atoms with Crippen molar-refractivity contribution >= 4 is 40.2 Å². The van der Waals surface area contributed by atoms with Crippen molar-refractivity contribution in [2.45, 2.75) is 57.8 Å². The highest BCUT2D eigenvalue weighted by molar-refractivity contribution is 7.88. The molecule has 3 heterocycles. The van der Waals surface area contributed by atoms with Crippen LogP contribution in [0.5, 0.6) is 0 Å². The lowest BCUT2D eigenvalue weighted by atomic mass is 9.89. The SMILES string of the molecule is COC(=O)C1CCCN1Cc1ccc(C(=O)N2CC(C(C)C)[C@H]3[C@H]2CC(=O)N3S(C)(=O)=O)cc1.Cl. The van der Waals surface area contributed by atoms with E-state index in [1.54, 1.807) is 17.0 Å². The number of hydrogen-bond acceptors (Lipinski definition) is 7. The molecule has 9 nitrogen and oxygen atoms in total. The van der Waals surface area contributed by atoms with Gasteiger partial charge in [0.25, 0.3) is 5.91 Å². The highest BCUT2D eigenvalue weighted by Gasteiger charge is 2.56. The molecule has 0 bridgehead atoms. The van der Waals surface area contributed by atoms with Gasteiger partial charge in [-0.3, -0.25) is 19.3 Å². The van der Waals surface area contributed by atoms with Crippen molar-refractivity contribution in [3.05, 3.63) is 35.4 Å². The summed E-state index contributed by atoms with van der Waals surface area (Å²) in [5.74, 6) is -0.851. The predicted octanol–water partition coefficient (Wildman–Crippen LogP) is 1.90. The van der Waals surface area contributed by atoms with Crippen molar-refractivity contribution in [3.63, 3.8) is 0 Å². The Hall–Kier alpha value is -2.17. The third kappa shape index (κ3) is 5.20. The van der Waals surface area contributed by atoms with Gasteiger partial charge < -0.3 is 9.64 Å². The molecule has 0 aromatic heterocycles. The van der Waals surface area contributed by atoms with Crippen LogP contribution in [0.1, 0.15) is 49.0 Å². The van der Waals surface area contributed by atoms with E-state index in [-0.39, 0.29) is 48.6 Å². The summed E-state index contributed by atoms with van der Waals surface area (Å²) in [5.41, 5.74) is 1.49. The zero-order chi connectivity index (χ0) is 24.8. The average Bonchev–Trinajstić information content (AvgIpc) is 3.46. The summed E-state index contributed by atoms with van der Waals surface area (Å²) in [6.45, 7) is 5.82. The molecule has 4 atom stereocenters. The van der Waals surface area contributed by atoms with Crippen LogP contribution >= 0.6 is 12.4 Å². The lowest BCUT2D eigenvalue weighted by Gasteiger charge is -2.28. The van der Waals surface area contributed by atoms with Crippen LogP contribution in [-0.4, -0.2) is 84.9 Å². The molecule has 0 radical (unpaired) electrons. The molecular formula is C24H34ClN3O6S. The first kappa shape index (κ1) is 27.4. The van der Waals surface area contributed by atoms with Gasteiger partial charge in [0.2, 0.25) is 15.9 Å². The maximum atomic E-state index is 13.4. The van der Waals surface area contributed by atoms with Crippen LogP contribution < -0.4 is 0 Å². The van der Waals surface area contributed by atoms with Crippen LogP contribution in [-0.2, 0) is 30.9 Å². The topological polar surface area (TPSA) is 104 Å². The first-order chi connectivity index (χ1) is 16.0. The summed E-state index contributed by atoms with van der Waals surface area (Å²) >= 11 is 0. The molecule has 11 heteroatoms. The van der Waals surface area contributed by atoms with E-state index in [1.165, 1.54) is 7.11 Å². The van der Waals surface area contributed by atoms with Crippen LogP contribution in [0.2, 0.25) is 0 Å². The molecule has 3 aliphatic rings. The lowest BCUT2D eigenvalue weighted by molar-refractivity contribution is -0.146. The maximum absolute atomic E-state index is 13.4. The number of fused-ring (bicyclic) bond motifs is 1. The largest absolute Gasteiger partial charge is 0.468 e. The summed E-state index contributed by atoms with van der Waals surface area (Å²) in [6, 6.07) is 6.10. The number of amides is 2. The zero-order valence-electron chi connectivity index (χ0n) is 20.5. The van der Waals surface area contributed by atoms with E-state index in [1.807, 2.05) is 26.0 Å². The monoisotopic (exact) mass is 527 g/mol. The summed E-state index contributed by atoms with van der Waals surface area (Å²) < 4.78 is 30.6. The fourth-order valence-corrected chi connectivity index (χ4v) is 6.94. The number of sulfonamides is 1. The molecule has 2 amide bonds. The molecule has 1 aromatic carbocycles. The summed E-state index contributed by atoms with van der Waals surface area (Å²) in [5, 5.41) is 0. The van der Waals surface area contributed by atoms with Gasteiger partial charge in [-0.2, -0.15) is 0 Å². The third-order valence-electron chi connectivity index (χ3n) is 7.44. The summed E-state index contributed by atoms with van der Waals surface area (Å²) in [4.78, 5) is 41.8. The van der Waals surface area contributed by atoms with Crippen molar-refractivity contribution in [2.75, 3.05) is 26.5 Å². The Kier molecular flexibility index (Phi) is 8.18. The number of esters is 1. The minimum absolute atomic E-state index is 0. The van der Waals surface area contributed by atoms with Crippen LogP contribution in [0.3, 0.4) is 0 Å². The standard InChI is InChI=1S/C24H33N3O6S.ClH/c1-15(2)18-14-26(20-12-21(28)27(22(18)20)34(4,31)32)23(29)17-9-7-16(8-10-17)13-25-11-5-6-19(25)24(30)33-3;/h7-10,15,18-20,22H,5-6,11-14H2,1-4H3;1H/t18?,19?,20-,22+;/m1./s1. The van der Waals surface area contributed by atoms with E-state index in [4.69, 9.17) is 4.74 Å². The van der Waals surface area contributed by atoms with Gasteiger partial charge in [-0.1, -0.05) is 26.0 Å². The number of likely N-dealkylation sites (tertiary alicyclic amines) is 2. The van der Waals surface area contributed by atoms with E-state index >= 15 is 0 Å². The Labute approximate surface area is 213 Å². The molecule has 0 aliphatic carbocycles. The first-order valence-electron chi connectivity index (χ1n) is 11.8. The number of nitrogens with zero attached hydrogens (tertiary/aromatic N) is 3. The second kappa shape index (κ2) is 10.4. The molecular weight excluding hydrogens is 494 g/mol. The highest BCUT2D eigenvalue weighted by atomic mass is 35.5.